The van der Waals surface area contributed by atoms with Crippen LogP contribution in [0.2, 0.25) is 5.02 Å². The first-order chi connectivity index (χ1) is 9.61. The van der Waals surface area contributed by atoms with E-state index >= 15 is 0 Å². The first-order valence-electron chi connectivity index (χ1n) is 7.74. The third-order valence-electron chi connectivity index (χ3n) is 3.47. The van der Waals surface area contributed by atoms with Gasteiger partial charge in [-0.2, -0.15) is 0 Å². The molecule has 0 saturated heterocycles. The first kappa shape index (κ1) is 15.6. The van der Waals surface area contributed by atoms with Gasteiger partial charge in [-0.05, 0) is 43.9 Å². The van der Waals surface area contributed by atoms with Gasteiger partial charge in [0.2, 0.25) is 0 Å². The third-order valence-corrected chi connectivity index (χ3v) is 3.81. The molecule has 20 heavy (non-hydrogen) atoms. The number of hydrogen-bond donors (Lipinski definition) is 1. The minimum absolute atomic E-state index is 0.648. The molecule has 1 heterocycles. The first-order valence-corrected chi connectivity index (χ1v) is 8.12. The highest BCUT2D eigenvalue weighted by Crippen LogP contribution is 2.32. The topological polar surface area (TPSA) is 28.2 Å². The van der Waals surface area contributed by atoms with Crippen LogP contribution in [0.25, 0.3) is 0 Å². The predicted octanol–water partition coefficient (Wildman–Crippen LogP) is 3.86. The summed E-state index contributed by atoms with van der Waals surface area (Å²) in [7, 11) is 0. The summed E-state index contributed by atoms with van der Waals surface area (Å²) in [5.41, 5.74) is 0.965. The molecule has 0 amide bonds. The van der Waals surface area contributed by atoms with Crippen molar-refractivity contribution in [3.05, 3.63) is 22.8 Å². The van der Waals surface area contributed by atoms with Crippen LogP contribution in [0.4, 0.5) is 5.82 Å². The maximum absolute atomic E-state index is 6.26. The van der Waals surface area contributed by atoms with Crippen LogP contribution in [-0.4, -0.2) is 24.1 Å². The molecule has 1 aliphatic rings. The molecule has 0 spiro atoms. The van der Waals surface area contributed by atoms with Crippen molar-refractivity contribution < 1.29 is 0 Å². The Labute approximate surface area is 127 Å². The summed E-state index contributed by atoms with van der Waals surface area (Å²) < 4.78 is 0. The normalized spacial score (nSPS) is 14.8. The van der Waals surface area contributed by atoms with E-state index in [2.05, 4.69) is 37.1 Å². The fourth-order valence-electron chi connectivity index (χ4n) is 2.35. The summed E-state index contributed by atoms with van der Waals surface area (Å²) in [4.78, 5) is 7.24. The molecule has 0 aliphatic heterocycles. The lowest BCUT2D eigenvalue weighted by atomic mass is 10.2. The van der Waals surface area contributed by atoms with Crippen LogP contribution in [0.3, 0.4) is 0 Å². The van der Waals surface area contributed by atoms with Gasteiger partial charge in [0.05, 0.1) is 10.7 Å². The average molecular weight is 296 g/mol. The van der Waals surface area contributed by atoms with Gasteiger partial charge in [-0.25, -0.2) is 4.98 Å². The van der Waals surface area contributed by atoms with Gasteiger partial charge in [-0.1, -0.05) is 32.4 Å². The number of nitrogens with one attached hydrogen (secondary N) is 1. The van der Waals surface area contributed by atoms with E-state index in [0.29, 0.717) is 12.0 Å². The van der Waals surface area contributed by atoms with E-state index in [0.717, 1.165) is 42.6 Å². The number of anilines is 1. The van der Waals surface area contributed by atoms with E-state index in [4.69, 9.17) is 16.6 Å². The Morgan fingerprint density at radius 1 is 1.40 bits per heavy atom. The summed E-state index contributed by atoms with van der Waals surface area (Å²) in [6.07, 6.45) is 3.71. The number of hydrogen-bond acceptors (Lipinski definition) is 3. The van der Waals surface area contributed by atoms with Crippen molar-refractivity contribution in [2.45, 2.75) is 52.6 Å². The largest absolute Gasteiger partial charge is 0.353 e. The molecule has 0 bridgehead atoms. The SMILES string of the molecule is CCCNCc1nc(N(CC(C)C)C2CC2)ccc1Cl. The van der Waals surface area contributed by atoms with Gasteiger partial charge in [0.25, 0.3) is 0 Å². The van der Waals surface area contributed by atoms with Gasteiger partial charge in [0, 0.05) is 19.1 Å². The Balaban J connectivity index is 2.11. The molecule has 4 heteroatoms. The summed E-state index contributed by atoms with van der Waals surface area (Å²) >= 11 is 6.26. The molecule has 1 fully saturated rings. The van der Waals surface area contributed by atoms with E-state index in [9.17, 15) is 0 Å². The number of halogens is 1. The minimum atomic E-state index is 0.648. The highest BCUT2D eigenvalue weighted by molar-refractivity contribution is 6.31. The quantitative estimate of drug-likeness (QED) is 0.738. The van der Waals surface area contributed by atoms with Crippen molar-refractivity contribution in [2.75, 3.05) is 18.0 Å². The molecule has 2 rings (SSSR count). The molecule has 0 unspecified atom stereocenters. The van der Waals surface area contributed by atoms with Crippen LogP contribution in [0.15, 0.2) is 12.1 Å². The lowest BCUT2D eigenvalue weighted by Crippen LogP contribution is -2.31. The second-order valence-corrected chi connectivity index (χ2v) is 6.46. The molecular weight excluding hydrogens is 270 g/mol. The summed E-state index contributed by atoms with van der Waals surface area (Å²) in [5, 5.41) is 4.14. The zero-order valence-corrected chi connectivity index (χ0v) is 13.6. The Kier molecular flexibility index (Phi) is 5.67. The summed E-state index contributed by atoms with van der Waals surface area (Å²) in [6, 6.07) is 4.73. The molecule has 112 valence electrons. The van der Waals surface area contributed by atoms with E-state index in [1.165, 1.54) is 12.8 Å². The summed E-state index contributed by atoms with van der Waals surface area (Å²) in [6.45, 7) is 9.50. The van der Waals surface area contributed by atoms with E-state index in [1.54, 1.807) is 0 Å². The molecule has 1 aromatic heterocycles. The number of nitrogens with zero attached hydrogens (tertiary/aromatic N) is 2. The molecule has 0 atom stereocenters. The standard InChI is InChI=1S/C16H26ClN3/c1-4-9-18-10-15-14(17)7-8-16(19-15)20(11-12(2)3)13-5-6-13/h7-8,12-13,18H,4-6,9-11H2,1-3H3. The number of aromatic nitrogens is 1. The Morgan fingerprint density at radius 2 is 2.15 bits per heavy atom. The lowest BCUT2D eigenvalue weighted by molar-refractivity contribution is 0.600. The molecule has 1 aromatic rings. The molecule has 3 nitrogen and oxygen atoms in total. The van der Waals surface area contributed by atoms with Crippen molar-refractivity contribution >= 4 is 17.4 Å². The smallest absolute Gasteiger partial charge is 0.129 e. The zero-order valence-electron chi connectivity index (χ0n) is 12.8. The predicted molar refractivity (Wildman–Crippen MR) is 86.5 cm³/mol. The van der Waals surface area contributed by atoms with Crippen molar-refractivity contribution in [3.8, 4) is 0 Å². The second kappa shape index (κ2) is 7.28. The van der Waals surface area contributed by atoms with E-state index < -0.39 is 0 Å². The van der Waals surface area contributed by atoms with Crippen LogP contribution >= 0.6 is 11.6 Å². The van der Waals surface area contributed by atoms with Gasteiger partial charge in [0.15, 0.2) is 0 Å². The van der Waals surface area contributed by atoms with Crippen molar-refractivity contribution in [1.29, 1.82) is 0 Å². The van der Waals surface area contributed by atoms with Gasteiger partial charge in [-0.3, -0.25) is 0 Å². The highest BCUT2D eigenvalue weighted by Gasteiger charge is 2.30. The maximum Gasteiger partial charge on any atom is 0.129 e. The fraction of sp³-hybridized carbons (Fsp3) is 0.688. The monoisotopic (exact) mass is 295 g/mol. The molecule has 0 radical (unpaired) electrons. The molecule has 1 saturated carbocycles. The van der Waals surface area contributed by atoms with Crippen LogP contribution in [0, 0.1) is 5.92 Å². The highest BCUT2D eigenvalue weighted by atomic mass is 35.5. The van der Waals surface area contributed by atoms with Gasteiger partial charge >= 0.3 is 0 Å². The van der Waals surface area contributed by atoms with Gasteiger partial charge in [0.1, 0.15) is 5.82 Å². The van der Waals surface area contributed by atoms with Crippen molar-refractivity contribution in [2.24, 2.45) is 5.92 Å². The molecule has 0 aromatic carbocycles. The second-order valence-electron chi connectivity index (χ2n) is 6.05. The van der Waals surface area contributed by atoms with Crippen molar-refractivity contribution in [1.82, 2.24) is 10.3 Å². The maximum atomic E-state index is 6.26. The van der Waals surface area contributed by atoms with E-state index in [-0.39, 0.29) is 0 Å². The molecule has 1 aliphatic carbocycles. The Morgan fingerprint density at radius 3 is 2.75 bits per heavy atom. The van der Waals surface area contributed by atoms with E-state index in [1.807, 2.05) is 6.07 Å². The summed E-state index contributed by atoms with van der Waals surface area (Å²) in [5.74, 6) is 1.73. The third kappa shape index (κ3) is 4.35. The van der Waals surface area contributed by atoms with Crippen LogP contribution in [-0.2, 0) is 6.54 Å². The van der Waals surface area contributed by atoms with Crippen LogP contribution in [0.1, 0.15) is 45.7 Å². The average Bonchev–Trinajstić information content (AvgIpc) is 3.23. The van der Waals surface area contributed by atoms with Gasteiger partial charge < -0.3 is 10.2 Å². The molecule has 1 N–H and O–H groups in total. The Bertz CT molecular complexity index is 430. The van der Waals surface area contributed by atoms with Crippen molar-refractivity contribution in [3.63, 3.8) is 0 Å². The number of pyridine rings is 1. The lowest BCUT2D eigenvalue weighted by Gasteiger charge is -2.26. The Hall–Kier alpha value is -0.800. The number of rotatable bonds is 8. The fourth-order valence-corrected chi connectivity index (χ4v) is 2.52. The van der Waals surface area contributed by atoms with Gasteiger partial charge in [-0.15, -0.1) is 0 Å². The minimum Gasteiger partial charge on any atom is -0.353 e. The molecular formula is C16H26ClN3. The van der Waals surface area contributed by atoms with Crippen LogP contribution in [0.5, 0.6) is 0 Å². The zero-order chi connectivity index (χ0) is 14.5. The van der Waals surface area contributed by atoms with Crippen LogP contribution < -0.4 is 10.2 Å².